The quantitative estimate of drug-likeness (QED) is 0.545. The molecular formula is C9H10N. The van der Waals surface area contributed by atoms with Crippen molar-refractivity contribution in [1.29, 1.82) is 0 Å². The Morgan fingerprint density at radius 1 is 1.30 bits per heavy atom. The fourth-order valence-corrected chi connectivity index (χ4v) is 0.709. The molecule has 0 heterocycles. The highest BCUT2D eigenvalue weighted by molar-refractivity contribution is 5.79. The molecule has 1 rings (SSSR count). The fourth-order valence-electron chi connectivity index (χ4n) is 0.709. The highest BCUT2D eigenvalue weighted by Crippen LogP contribution is 1.93. The molecule has 1 heteroatoms. The van der Waals surface area contributed by atoms with Crippen molar-refractivity contribution < 1.29 is 0 Å². The summed E-state index contributed by atoms with van der Waals surface area (Å²) in [6.07, 6.45) is 1.83. The molecule has 0 saturated heterocycles. The second-order valence-corrected chi connectivity index (χ2v) is 1.95. The van der Waals surface area contributed by atoms with E-state index in [4.69, 9.17) is 0 Å². The maximum absolute atomic E-state index is 4.01. The van der Waals surface area contributed by atoms with Crippen LogP contribution >= 0.6 is 0 Å². The number of rotatable bonds is 2. The van der Waals surface area contributed by atoms with E-state index in [9.17, 15) is 0 Å². The summed E-state index contributed by atoms with van der Waals surface area (Å²) < 4.78 is 0. The molecule has 0 spiro atoms. The van der Waals surface area contributed by atoms with Crippen LogP contribution in [0.2, 0.25) is 0 Å². The number of aliphatic imine (C=N–C) groups is 1. The highest BCUT2D eigenvalue weighted by Gasteiger charge is 1.80. The Morgan fingerprint density at radius 3 is 2.60 bits per heavy atom. The van der Waals surface area contributed by atoms with Gasteiger partial charge in [-0.25, -0.2) is 0 Å². The first-order valence-corrected chi connectivity index (χ1v) is 3.27. The molecule has 1 aromatic carbocycles. The first-order chi connectivity index (χ1) is 4.93. The SMILES string of the molecule is [CH2]CN=Cc1ccccc1. The van der Waals surface area contributed by atoms with Gasteiger partial charge in [-0.15, -0.1) is 0 Å². The normalized spacial score (nSPS) is 10.5. The zero-order valence-corrected chi connectivity index (χ0v) is 5.83. The Labute approximate surface area is 61.4 Å². The van der Waals surface area contributed by atoms with Crippen molar-refractivity contribution in [2.45, 2.75) is 0 Å². The lowest BCUT2D eigenvalue weighted by atomic mass is 10.2. The second kappa shape index (κ2) is 3.83. The van der Waals surface area contributed by atoms with Crippen LogP contribution in [0, 0.1) is 6.92 Å². The average molecular weight is 132 g/mol. The lowest BCUT2D eigenvalue weighted by molar-refractivity contribution is 1.26. The van der Waals surface area contributed by atoms with Gasteiger partial charge in [0.05, 0.1) is 0 Å². The van der Waals surface area contributed by atoms with Crippen LogP contribution in [0.25, 0.3) is 0 Å². The number of benzene rings is 1. The Balaban J connectivity index is 2.67. The summed E-state index contributed by atoms with van der Waals surface area (Å²) in [5, 5.41) is 0. The van der Waals surface area contributed by atoms with Crippen LogP contribution in [0.1, 0.15) is 5.56 Å². The molecule has 0 saturated carbocycles. The predicted molar refractivity (Wildman–Crippen MR) is 44.3 cm³/mol. The van der Waals surface area contributed by atoms with Crippen LogP contribution in [0.5, 0.6) is 0 Å². The highest BCUT2D eigenvalue weighted by atomic mass is 14.7. The molecule has 1 aromatic rings. The third kappa shape index (κ3) is 2.02. The standard InChI is InChI=1S/C9H10N/c1-2-10-8-9-6-4-3-5-7-9/h3-8H,1-2H2. The molecular weight excluding hydrogens is 122 g/mol. The van der Waals surface area contributed by atoms with Crippen molar-refractivity contribution >= 4 is 6.21 Å². The minimum Gasteiger partial charge on any atom is -0.293 e. The van der Waals surface area contributed by atoms with Crippen LogP contribution in [0.4, 0.5) is 0 Å². The zero-order valence-electron chi connectivity index (χ0n) is 5.83. The molecule has 0 aliphatic carbocycles. The van der Waals surface area contributed by atoms with Gasteiger partial charge in [-0.05, 0) is 12.5 Å². The Bertz CT molecular complexity index is 201. The van der Waals surface area contributed by atoms with E-state index in [2.05, 4.69) is 11.9 Å². The topological polar surface area (TPSA) is 12.4 Å². The molecule has 0 aliphatic rings. The van der Waals surface area contributed by atoms with Gasteiger partial charge in [0.1, 0.15) is 0 Å². The van der Waals surface area contributed by atoms with Crippen molar-refractivity contribution in [2.75, 3.05) is 6.54 Å². The smallest absolute Gasteiger partial charge is 0.0390 e. The van der Waals surface area contributed by atoms with Crippen molar-refractivity contribution in [3.05, 3.63) is 42.8 Å². The number of hydrogen-bond donors (Lipinski definition) is 0. The van der Waals surface area contributed by atoms with Gasteiger partial charge in [-0.2, -0.15) is 0 Å². The maximum Gasteiger partial charge on any atom is 0.0390 e. The molecule has 51 valence electrons. The van der Waals surface area contributed by atoms with Crippen molar-refractivity contribution in [3.8, 4) is 0 Å². The number of hydrogen-bond acceptors (Lipinski definition) is 1. The fraction of sp³-hybridized carbons (Fsp3) is 0.111. The molecule has 10 heavy (non-hydrogen) atoms. The lowest BCUT2D eigenvalue weighted by Crippen LogP contribution is -1.79. The average Bonchev–Trinajstić information content (AvgIpc) is 2.03. The maximum atomic E-state index is 4.01. The van der Waals surface area contributed by atoms with Gasteiger partial charge in [0.25, 0.3) is 0 Å². The van der Waals surface area contributed by atoms with E-state index in [0.717, 1.165) is 5.56 Å². The first-order valence-electron chi connectivity index (χ1n) is 3.27. The van der Waals surface area contributed by atoms with Crippen LogP contribution in [-0.4, -0.2) is 12.8 Å². The molecule has 1 nitrogen and oxygen atoms in total. The van der Waals surface area contributed by atoms with Crippen LogP contribution < -0.4 is 0 Å². The van der Waals surface area contributed by atoms with Gasteiger partial charge < -0.3 is 0 Å². The summed E-state index contributed by atoms with van der Waals surface area (Å²) in [5.74, 6) is 0. The monoisotopic (exact) mass is 132 g/mol. The van der Waals surface area contributed by atoms with Gasteiger partial charge in [0.15, 0.2) is 0 Å². The molecule has 0 aromatic heterocycles. The summed E-state index contributed by atoms with van der Waals surface area (Å²) in [6, 6.07) is 9.99. The molecule has 0 fully saturated rings. The third-order valence-corrected chi connectivity index (χ3v) is 1.17. The Hall–Kier alpha value is -1.11. The van der Waals surface area contributed by atoms with Gasteiger partial charge >= 0.3 is 0 Å². The number of nitrogens with zero attached hydrogens (tertiary/aromatic N) is 1. The molecule has 0 N–H and O–H groups in total. The summed E-state index contributed by atoms with van der Waals surface area (Å²) >= 11 is 0. The van der Waals surface area contributed by atoms with E-state index < -0.39 is 0 Å². The minimum absolute atomic E-state index is 0.606. The van der Waals surface area contributed by atoms with Crippen molar-refractivity contribution in [2.24, 2.45) is 4.99 Å². The van der Waals surface area contributed by atoms with Crippen molar-refractivity contribution in [1.82, 2.24) is 0 Å². The van der Waals surface area contributed by atoms with Crippen LogP contribution in [0.15, 0.2) is 35.3 Å². The van der Waals surface area contributed by atoms with E-state index in [0.29, 0.717) is 6.54 Å². The summed E-state index contributed by atoms with van der Waals surface area (Å²) in [7, 11) is 0. The van der Waals surface area contributed by atoms with Crippen molar-refractivity contribution in [3.63, 3.8) is 0 Å². The Kier molecular flexibility index (Phi) is 2.68. The zero-order chi connectivity index (χ0) is 7.23. The van der Waals surface area contributed by atoms with Crippen LogP contribution in [-0.2, 0) is 0 Å². The third-order valence-electron chi connectivity index (χ3n) is 1.17. The lowest BCUT2D eigenvalue weighted by Gasteiger charge is -1.87. The van der Waals surface area contributed by atoms with E-state index in [1.165, 1.54) is 0 Å². The van der Waals surface area contributed by atoms with E-state index in [-0.39, 0.29) is 0 Å². The van der Waals surface area contributed by atoms with E-state index in [1.54, 1.807) is 0 Å². The van der Waals surface area contributed by atoms with E-state index in [1.807, 2.05) is 36.5 Å². The molecule has 0 amide bonds. The van der Waals surface area contributed by atoms with E-state index >= 15 is 0 Å². The molecule has 0 atom stereocenters. The molecule has 0 bridgehead atoms. The first kappa shape index (κ1) is 7.00. The summed E-state index contributed by atoms with van der Waals surface area (Å²) in [4.78, 5) is 4.01. The minimum atomic E-state index is 0.606. The summed E-state index contributed by atoms with van der Waals surface area (Å²) in [5.41, 5.74) is 1.13. The summed E-state index contributed by atoms with van der Waals surface area (Å²) in [6.45, 7) is 4.21. The van der Waals surface area contributed by atoms with Crippen LogP contribution in [0.3, 0.4) is 0 Å². The predicted octanol–water partition coefficient (Wildman–Crippen LogP) is 1.94. The van der Waals surface area contributed by atoms with Gasteiger partial charge in [-0.1, -0.05) is 30.3 Å². The van der Waals surface area contributed by atoms with Gasteiger partial charge in [0.2, 0.25) is 0 Å². The van der Waals surface area contributed by atoms with Gasteiger partial charge in [-0.3, -0.25) is 4.99 Å². The van der Waals surface area contributed by atoms with Gasteiger partial charge in [0, 0.05) is 12.8 Å². The molecule has 0 unspecified atom stereocenters. The largest absolute Gasteiger partial charge is 0.293 e. The molecule has 0 aliphatic heterocycles. The molecule has 1 radical (unpaired) electrons. The second-order valence-electron chi connectivity index (χ2n) is 1.95. The Morgan fingerprint density at radius 2 is 2.00 bits per heavy atom.